The highest BCUT2D eigenvalue weighted by atomic mass is 28.4. The first kappa shape index (κ1) is 20.6. The molecule has 1 nitrogen and oxygen atoms in total. The van der Waals surface area contributed by atoms with Gasteiger partial charge < -0.3 is 4.43 Å². The lowest BCUT2D eigenvalue weighted by molar-refractivity contribution is 0.153. The van der Waals surface area contributed by atoms with Crippen LogP contribution in [0.3, 0.4) is 0 Å². The van der Waals surface area contributed by atoms with E-state index in [4.69, 9.17) is 10.8 Å². The van der Waals surface area contributed by atoms with Crippen LogP contribution in [-0.4, -0.2) is 14.4 Å². The minimum Gasteiger partial charge on any atom is -0.401 e. The van der Waals surface area contributed by atoms with E-state index in [1.165, 1.54) is 15.9 Å². The Labute approximate surface area is 172 Å². The van der Waals surface area contributed by atoms with Crippen LogP contribution in [0.25, 0.3) is 0 Å². The zero-order chi connectivity index (χ0) is 20.4. The molecule has 1 saturated carbocycles. The first-order chi connectivity index (χ1) is 13.3. The second kappa shape index (κ2) is 8.11. The Morgan fingerprint density at radius 3 is 1.93 bits per heavy atom. The number of hydrogen-bond donors (Lipinski definition) is 0. The molecule has 2 unspecified atom stereocenters. The van der Waals surface area contributed by atoms with E-state index in [1.54, 1.807) is 0 Å². The van der Waals surface area contributed by atoms with Gasteiger partial charge in [-0.15, -0.1) is 12.3 Å². The van der Waals surface area contributed by atoms with Crippen molar-refractivity contribution in [1.82, 2.24) is 0 Å². The Hall–Kier alpha value is -2.08. The number of rotatable bonds is 4. The fourth-order valence-electron chi connectivity index (χ4n) is 4.59. The fourth-order valence-corrected chi connectivity index (χ4v) is 9.29. The van der Waals surface area contributed by atoms with Crippen molar-refractivity contribution in [3.05, 3.63) is 72.8 Å². The summed E-state index contributed by atoms with van der Waals surface area (Å²) in [5.41, 5.74) is 1.19. The van der Waals surface area contributed by atoms with Gasteiger partial charge in [0.1, 0.15) is 0 Å². The zero-order valence-electron chi connectivity index (χ0n) is 17.6. The van der Waals surface area contributed by atoms with E-state index in [0.717, 1.165) is 12.8 Å². The predicted molar refractivity (Wildman–Crippen MR) is 122 cm³/mol. The van der Waals surface area contributed by atoms with Crippen molar-refractivity contribution in [2.45, 2.75) is 51.7 Å². The molecule has 0 amide bonds. The molecule has 28 heavy (non-hydrogen) atoms. The summed E-state index contributed by atoms with van der Waals surface area (Å²) in [7, 11) is -2.57. The van der Waals surface area contributed by atoms with Crippen LogP contribution in [0.4, 0.5) is 0 Å². The van der Waals surface area contributed by atoms with Crippen molar-refractivity contribution >= 4 is 18.7 Å². The molecular weight excluding hydrogens is 356 g/mol. The van der Waals surface area contributed by atoms with Crippen molar-refractivity contribution in [1.29, 1.82) is 0 Å². The molecule has 2 aromatic carbocycles. The minimum atomic E-state index is -2.57. The van der Waals surface area contributed by atoms with E-state index >= 15 is 0 Å². The Morgan fingerprint density at radius 1 is 1.00 bits per heavy atom. The van der Waals surface area contributed by atoms with E-state index in [9.17, 15) is 0 Å². The van der Waals surface area contributed by atoms with Crippen LogP contribution in [0.15, 0.2) is 72.8 Å². The highest BCUT2D eigenvalue weighted by Gasteiger charge is 2.52. The second-order valence-corrected chi connectivity index (χ2v) is 13.4. The summed E-state index contributed by atoms with van der Waals surface area (Å²) >= 11 is 0. The minimum absolute atomic E-state index is 0.00329. The molecule has 146 valence electrons. The van der Waals surface area contributed by atoms with E-state index < -0.39 is 8.32 Å². The molecule has 0 saturated heterocycles. The van der Waals surface area contributed by atoms with Gasteiger partial charge in [-0.05, 0) is 39.7 Å². The Kier molecular flexibility index (Phi) is 5.98. The summed E-state index contributed by atoms with van der Waals surface area (Å²) in [6, 6.07) is 21.6. The molecule has 0 N–H and O–H groups in total. The van der Waals surface area contributed by atoms with Gasteiger partial charge in [-0.2, -0.15) is 0 Å². The molecule has 0 bridgehead atoms. The van der Waals surface area contributed by atoms with Crippen LogP contribution < -0.4 is 10.4 Å². The Balaban J connectivity index is 2.14. The van der Waals surface area contributed by atoms with Gasteiger partial charge in [0, 0.05) is 5.92 Å². The van der Waals surface area contributed by atoms with Crippen molar-refractivity contribution in [2.75, 3.05) is 0 Å². The quantitative estimate of drug-likeness (QED) is 0.399. The first-order valence-electron chi connectivity index (χ1n) is 10.2. The molecule has 0 radical (unpaired) electrons. The van der Waals surface area contributed by atoms with Crippen LogP contribution in [0, 0.1) is 24.2 Å². The number of terminal acetylenes is 1. The fraction of sp³-hybridized carbons (Fsp3) is 0.385. The number of hydrogen-bond acceptors (Lipinski definition) is 1. The van der Waals surface area contributed by atoms with Crippen molar-refractivity contribution in [3.8, 4) is 12.3 Å². The summed E-state index contributed by atoms with van der Waals surface area (Å²) in [6.07, 6.45) is 7.66. The van der Waals surface area contributed by atoms with Gasteiger partial charge in [-0.3, -0.25) is 0 Å². The van der Waals surface area contributed by atoms with E-state index in [0.29, 0.717) is 5.92 Å². The molecule has 2 aromatic rings. The average Bonchev–Trinajstić information content (AvgIpc) is 2.68. The third-order valence-corrected chi connectivity index (χ3v) is 11.2. The van der Waals surface area contributed by atoms with Crippen LogP contribution in [0.5, 0.6) is 0 Å². The molecule has 0 aliphatic heterocycles. The Bertz CT molecular complexity index is 802. The van der Waals surface area contributed by atoms with Crippen LogP contribution in [0.1, 0.15) is 40.5 Å². The van der Waals surface area contributed by atoms with Crippen LogP contribution >= 0.6 is 0 Å². The predicted octanol–water partition coefficient (Wildman–Crippen LogP) is 5.17. The molecule has 1 aliphatic rings. The third-order valence-electron chi connectivity index (χ3n) is 6.14. The lowest BCUT2D eigenvalue weighted by Crippen LogP contribution is -2.68. The van der Waals surface area contributed by atoms with Crippen LogP contribution in [0.2, 0.25) is 5.04 Å². The molecule has 0 aromatic heterocycles. The lowest BCUT2D eigenvalue weighted by Gasteiger charge is -2.47. The largest absolute Gasteiger partial charge is 0.401 e. The van der Waals surface area contributed by atoms with Gasteiger partial charge >= 0.3 is 0 Å². The monoisotopic (exact) mass is 388 g/mol. The summed E-state index contributed by atoms with van der Waals surface area (Å²) in [6.45, 7) is 13.6. The smallest absolute Gasteiger partial charge is 0.261 e. The first-order valence-corrected chi connectivity index (χ1v) is 12.1. The van der Waals surface area contributed by atoms with Gasteiger partial charge in [0.25, 0.3) is 8.32 Å². The molecule has 0 heterocycles. The molecule has 2 heteroatoms. The zero-order valence-corrected chi connectivity index (χ0v) is 18.6. The van der Waals surface area contributed by atoms with E-state index in [-0.39, 0.29) is 17.1 Å². The van der Waals surface area contributed by atoms with Crippen molar-refractivity contribution in [3.63, 3.8) is 0 Å². The van der Waals surface area contributed by atoms with Gasteiger partial charge in [-0.25, -0.2) is 0 Å². The molecule has 3 rings (SSSR count). The molecule has 1 aliphatic carbocycles. The molecule has 0 spiro atoms. The summed E-state index contributed by atoms with van der Waals surface area (Å²) in [5, 5.41) is 2.57. The third kappa shape index (κ3) is 3.74. The van der Waals surface area contributed by atoms with Crippen LogP contribution in [-0.2, 0) is 4.43 Å². The van der Waals surface area contributed by atoms with Crippen molar-refractivity contribution < 1.29 is 4.43 Å². The maximum atomic E-state index is 7.25. The molecular formula is C26H32OSi. The van der Waals surface area contributed by atoms with Crippen molar-refractivity contribution in [2.24, 2.45) is 11.8 Å². The Morgan fingerprint density at radius 2 is 1.50 bits per heavy atom. The highest BCUT2D eigenvalue weighted by Crippen LogP contribution is 2.41. The SMILES string of the molecule is C#CC1C[C@@H](O[Si](c2ccccc2)(c2ccccc2)C(C)(C)C)C(=C)CC1C. The van der Waals surface area contributed by atoms with E-state index in [1.807, 2.05) is 0 Å². The molecule has 1 fully saturated rings. The van der Waals surface area contributed by atoms with Gasteiger partial charge in [0.05, 0.1) is 6.10 Å². The summed E-state index contributed by atoms with van der Waals surface area (Å²) in [4.78, 5) is 0. The maximum Gasteiger partial charge on any atom is 0.261 e. The number of benzene rings is 2. The lowest BCUT2D eigenvalue weighted by atomic mass is 9.77. The van der Waals surface area contributed by atoms with Gasteiger partial charge in [-0.1, -0.05) is 94.9 Å². The van der Waals surface area contributed by atoms with E-state index in [2.05, 4.69) is 101 Å². The summed E-state index contributed by atoms with van der Waals surface area (Å²) < 4.78 is 7.25. The summed E-state index contributed by atoms with van der Waals surface area (Å²) in [5.74, 6) is 3.72. The maximum absolute atomic E-state index is 7.25. The second-order valence-electron chi connectivity index (χ2n) is 9.12. The normalized spacial score (nSPS) is 23.2. The average molecular weight is 389 g/mol. The molecule has 3 atom stereocenters. The van der Waals surface area contributed by atoms with Gasteiger partial charge in [0.15, 0.2) is 0 Å². The van der Waals surface area contributed by atoms with Gasteiger partial charge in [0.2, 0.25) is 0 Å². The topological polar surface area (TPSA) is 9.23 Å². The standard InChI is InChI=1S/C26H32OSi/c1-7-22-19-25(21(3)18-20(22)2)27-28(26(4,5)6,23-14-10-8-11-15-23)24-16-12-9-13-17-24/h1,8-17,20,22,25H,3,18-19H2,2,4-6H3/t20?,22?,25-/m1/s1. The highest BCUT2D eigenvalue weighted by molar-refractivity contribution is 6.99.